The van der Waals surface area contributed by atoms with Gasteiger partial charge in [0, 0.05) is 0 Å². The molecule has 0 aliphatic carbocycles. The number of carbonyl (C=O) groups is 3. The van der Waals surface area contributed by atoms with Gasteiger partial charge in [-0.25, -0.2) is 9.59 Å². The standard InChI is InChI=1S/C14H14F10O6/c1-10(2,3)7(25)30-6(4-28-8(26)11(15,16)13(19,20)21)5-29-9(27)12(17,18)14(22,23)24/h6H,4-5H2,1-3H3. The fraction of sp³-hybridized carbons (Fsp3) is 0.786. The average molecular weight is 468 g/mol. The van der Waals surface area contributed by atoms with Crippen molar-refractivity contribution in [3.63, 3.8) is 0 Å². The van der Waals surface area contributed by atoms with Crippen LogP contribution in [-0.2, 0) is 28.6 Å². The Balaban J connectivity index is 5.34. The van der Waals surface area contributed by atoms with Gasteiger partial charge in [0.2, 0.25) is 0 Å². The molecule has 0 saturated heterocycles. The van der Waals surface area contributed by atoms with Crippen LogP contribution in [0.2, 0.25) is 0 Å². The van der Waals surface area contributed by atoms with Crippen molar-refractivity contribution in [2.75, 3.05) is 13.2 Å². The first-order chi connectivity index (χ1) is 13.0. The fourth-order valence-electron chi connectivity index (χ4n) is 1.19. The summed E-state index contributed by atoms with van der Waals surface area (Å²) in [6, 6.07) is 0. The van der Waals surface area contributed by atoms with Gasteiger partial charge in [-0.2, -0.15) is 43.9 Å². The summed E-state index contributed by atoms with van der Waals surface area (Å²) in [5.74, 6) is -19.7. The SMILES string of the molecule is CC(C)(C)C(=O)OC(COC(=O)C(F)(F)C(F)(F)F)COC(=O)C(F)(F)C(F)(F)F. The Kier molecular flexibility index (Phi) is 8.16. The predicted octanol–water partition coefficient (Wildman–Crippen LogP) is 3.43. The van der Waals surface area contributed by atoms with E-state index in [9.17, 15) is 58.3 Å². The van der Waals surface area contributed by atoms with Crippen molar-refractivity contribution in [3.8, 4) is 0 Å². The highest BCUT2D eigenvalue weighted by atomic mass is 19.4. The van der Waals surface area contributed by atoms with Gasteiger partial charge in [-0.1, -0.05) is 0 Å². The van der Waals surface area contributed by atoms with Crippen molar-refractivity contribution < 1.29 is 72.5 Å². The second kappa shape index (κ2) is 8.83. The second-order valence-corrected chi connectivity index (χ2v) is 6.62. The Bertz CT molecular complexity index is 605. The first-order valence-corrected chi connectivity index (χ1v) is 7.49. The normalized spacial score (nSPS) is 13.8. The molecule has 16 heteroatoms. The summed E-state index contributed by atoms with van der Waals surface area (Å²) in [5.41, 5.74) is -1.39. The van der Waals surface area contributed by atoms with Crippen LogP contribution in [0.5, 0.6) is 0 Å². The summed E-state index contributed by atoms with van der Waals surface area (Å²) in [5, 5.41) is 0. The molecule has 0 aliphatic heterocycles. The highest BCUT2D eigenvalue weighted by Crippen LogP contribution is 2.37. The molecule has 0 amide bonds. The van der Waals surface area contributed by atoms with Crippen molar-refractivity contribution in [3.05, 3.63) is 0 Å². The van der Waals surface area contributed by atoms with E-state index in [2.05, 4.69) is 14.2 Å². The Labute approximate surface area is 161 Å². The zero-order chi connectivity index (χ0) is 24.3. The van der Waals surface area contributed by atoms with Crippen LogP contribution in [-0.4, -0.2) is 61.4 Å². The van der Waals surface area contributed by atoms with E-state index in [4.69, 9.17) is 0 Å². The summed E-state index contributed by atoms with van der Waals surface area (Å²) in [7, 11) is 0. The molecule has 0 saturated carbocycles. The lowest BCUT2D eigenvalue weighted by atomic mass is 9.97. The first kappa shape index (κ1) is 27.7. The van der Waals surface area contributed by atoms with E-state index in [1.54, 1.807) is 0 Å². The summed E-state index contributed by atoms with van der Waals surface area (Å²) < 4.78 is 135. The molecule has 0 aromatic heterocycles. The van der Waals surface area contributed by atoms with Gasteiger partial charge in [0.1, 0.15) is 13.2 Å². The van der Waals surface area contributed by atoms with Crippen molar-refractivity contribution in [2.24, 2.45) is 5.41 Å². The zero-order valence-electron chi connectivity index (χ0n) is 15.2. The highest BCUT2D eigenvalue weighted by Gasteiger charge is 2.66. The third kappa shape index (κ3) is 6.90. The van der Waals surface area contributed by atoms with E-state index in [-0.39, 0.29) is 0 Å². The highest BCUT2D eigenvalue weighted by molar-refractivity contribution is 5.79. The van der Waals surface area contributed by atoms with E-state index >= 15 is 0 Å². The number of carbonyl (C=O) groups excluding carboxylic acids is 3. The molecule has 0 unspecified atom stereocenters. The van der Waals surface area contributed by atoms with Crippen LogP contribution in [0.3, 0.4) is 0 Å². The minimum Gasteiger partial charge on any atom is -0.457 e. The Morgan fingerprint density at radius 1 is 0.633 bits per heavy atom. The van der Waals surface area contributed by atoms with Crippen LogP contribution >= 0.6 is 0 Å². The summed E-state index contributed by atoms with van der Waals surface area (Å²) in [6.07, 6.45) is -15.0. The molecular weight excluding hydrogens is 454 g/mol. The summed E-state index contributed by atoms with van der Waals surface area (Å²) >= 11 is 0. The maximum absolute atomic E-state index is 12.8. The van der Waals surface area contributed by atoms with Gasteiger partial charge in [0.05, 0.1) is 5.41 Å². The van der Waals surface area contributed by atoms with Crippen LogP contribution in [0.25, 0.3) is 0 Å². The number of hydrogen-bond donors (Lipinski definition) is 0. The number of alkyl halides is 10. The molecule has 30 heavy (non-hydrogen) atoms. The van der Waals surface area contributed by atoms with E-state index in [0.717, 1.165) is 0 Å². The quantitative estimate of drug-likeness (QED) is 0.324. The number of ether oxygens (including phenoxy) is 3. The van der Waals surface area contributed by atoms with Crippen molar-refractivity contribution in [1.82, 2.24) is 0 Å². The van der Waals surface area contributed by atoms with Crippen molar-refractivity contribution >= 4 is 17.9 Å². The molecular formula is C14H14F10O6. The minimum absolute atomic E-state index is 1.19. The van der Waals surface area contributed by atoms with E-state index in [1.807, 2.05) is 0 Å². The molecule has 0 atom stereocenters. The Morgan fingerprint density at radius 2 is 0.933 bits per heavy atom. The number of rotatable bonds is 7. The Hall–Kier alpha value is -2.29. The molecule has 0 fully saturated rings. The van der Waals surface area contributed by atoms with Crippen molar-refractivity contribution in [1.29, 1.82) is 0 Å². The number of hydrogen-bond acceptors (Lipinski definition) is 6. The van der Waals surface area contributed by atoms with E-state index in [0.29, 0.717) is 0 Å². The zero-order valence-corrected chi connectivity index (χ0v) is 15.2. The minimum atomic E-state index is -6.37. The van der Waals surface area contributed by atoms with E-state index in [1.165, 1.54) is 20.8 Å². The van der Waals surface area contributed by atoms with Gasteiger partial charge < -0.3 is 14.2 Å². The molecule has 0 aromatic rings. The van der Waals surface area contributed by atoms with Gasteiger partial charge >= 0.3 is 42.1 Å². The molecule has 176 valence electrons. The topological polar surface area (TPSA) is 78.9 Å². The lowest BCUT2D eigenvalue weighted by Gasteiger charge is -2.25. The molecule has 6 nitrogen and oxygen atoms in total. The van der Waals surface area contributed by atoms with Crippen LogP contribution in [0.1, 0.15) is 20.8 Å². The number of esters is 3. The predicted molar refractivity (Wildman–Crippen MR) is 73.3 cm³/mol. The molecule has 0 rings (SSSR count). The average Bonchev–Trinajstić information content (AvgIpc) is 2.53. The summed E-state index contributed by atoms with van der Waals surface area (Å²) in [4.78, 5) is 33.6. The maximum atomic E-state index is 12.8. The lowest BCUT2D eigenvalue weighted by molar-refractivity contribution is -0.283. The largest absolute Gasteiger partial charge is 0.465 e. The molecule has 0 aliphatic rings. The van der Waals surface area contributed by atoms with Crippen LogP contribution < -0.4 is 0 Å². The van der Waals surface area contributed by atoms with Crippen LogP contribution in [0.15, 0.2) is 0 Å². The van der Waals surface area contributed by atoms with Gasteiger partial charge in [0.15, 0.2) is 6.10 Å². The van der Waals surface area contributed by atoms with Crippen LogP contribution in [0, 0.1) is 5.41 Å². The van der Waals surface area contributed by atoms with Crippen molar-refractivity contribution in [2.45, 2.75) is 51.1 Å². The van der Waals surface area contributed by atoms with E-state index < -0.39 is 66.8 Å². The number of halogens is 10. The molecule has 0 aromatic carbocycles. The fourth-order valence-corrected chi connectivity index (χ4v) is 1.19. The van der Waals surface area contributed by atoms with Gasteiger partial charge in [-0.3, -0.25) is 4.79 Å². The second-order valence-electron chi connectivity index (χ2n) is 6.62. The smallest absolute Gasteiger partial charge is 0.457 e. The third-order valence-corrected chi connectivity index (χ3v) is 2.91. The molecule has 0 spiro atoms. The molecule has 0 radical (unpaired) electrons. The first-order valence-electron chi connectivity index (χ1n) is 7.49. The van der Waals surface area contributed by atoms with Gasteiger partial charge in [-0.15, -0.1) is 0 Å². The molecule has 0 bridgehead atoms. The van der Waals surface area contributed by atoms with Crippen LogP contribution in [0.4, 0.5) is 43.9 Å². The lowest BCUT2D eigenvalue weighted by Crippen LogP contribution is -2.47. The molecule has 0 N–H and O–H groups in total. The monoisotopic (exact) mass is 468 g/mol. The Morgan fingerprint density at radius 3 is 1.17 bits per heavy atom. The van der Waals surface area contributed by atoms with Gasteiger partial charge in [0.25, 0.3) is 0 Å². The maximum Gasteiger partial charge on any atom is 0.465 e. The summed E-state index contributed by atoms with van der Waals surface area (Å²) in [6.45, 7) is 0.217. The molecule has 0 heterocycles. The third-order valence-electron chi connectivity index (χ3n) is 2.91. The van der Waals surface area contributed by atoms with Gasteiger partial charge in [-0.05, 0) is 20.8 Å².